The van der Waals surface area contributed by atoms with Crippen molar-refractivity contribution in [1.29, 1.82) is 0 Å². The molecule has 0 bridgehead atoms. The zero-order valence-corrected chi connectivity index (χ0v) is 13.3. The van der Waals surface area contributed by atoms with Crippen molar-refractivity contribution in [1.82, 2.24) is 10.2 Å². The lowest BCUT2D eigenvalue weighted by atomic mass is 9.98. The van der Waals surface area contributed by atoms with Gasteiger partial charge < -0.3 is 9.64 Å². The van der Waals surface area contributed by atoms with Crippen molar-refractivity contribution >= 4 is 5.91 Å². The Balaban J connectivity index is 1.98. The topological polar surface area (TPSA) is 41.6 Å². The summed E-state index contributed by atoms with van der Waals surface area (Å²) in [6.07, 6.45) is 7.77. The van der Waals surface area contributed by atoms with E-state index in [-0.39, 0.29) is 11.7 Å². The van der Waals surface area contributed by atoms with Crippen LogP contribution >= 0.6 is 0 Å². The van der Waals surface area contributed by atoms with Gasteiger partial charge in [0.1, 0.15) is 0 Å². The van der Waals surface area contributed by atoms with Crippen molar-refractivity contribution in [3.63, 3.8) is 0 Å². The summed E-state index contributed by atoms with van der Waals surface area (Å²) in [5, 5.41) is 3.68. The van der Waals surface area contributed by atoms with E-state index in [2.05, 4.69) is 24.1 Å². The second kappa shape index (κ2) is 6.90. The third-order valence-electron chi connectivity index (χ3n) is 4.64. The summed E-state index contributed by atoms with van der Waals surface area (Å²) in [5.74, 6) is 0.969. The molecule has 0 aromatic heterocycles. The van der Waals surface area contributed by atoms with Gasteiger partial charge in [0, 0.05) is 20.3 Å². The van der Waals surface area contributed by atoms with E-state index in [0.717, 1.165) is 45.3 Å². The second-order valence-corrected chi connectivity index (χ2v) is 6.78. The average Bonchev–Trinajstić information content (AvgIpc) is 2.95. The number of hydrogen-bond donors (Lipinski definition) is 1. The van der Waals surface area contributed by atoms with Gasteiger partial charge in [-0.05, 0) is 38.0 Å². The van der Waals surface area contributed by atoms with Crippen LogP contribution in [0.25, 0.3) is 0 Å². The van der Waals surface area contributed by atoms with E-state index in [1.165, 1.54) is 12.8 Å². The van der Waals surface area contributed by atoms with Crippen LogP contribution in [0.3, 0.4) is 0 Å². The molecule has 1 N–H and O–H groups in total. The van der Waals surface area contributed by atoms with Crippen LogP contribution in [0.4, 0.5) is 0 Å². The first-order chi connectivity index (χ1) is 9.59. The minimum atomic E-state index is -0.221. The third kappa shape index (κ3) is 3.34. The van der Waals surface area contributed by atoms with Crippen LogP contribution in [0.1, 0.15) is 58.8 Å². The summed E-state index contributed by atoms with van der Waals surface area (Å²) in [6.45, 7) is 6.12. The Morgan fingerprint density at radius 1 is 1.35 bits per heavy atom. The Labute approximate surface area is 123 Å². The van der Waals surface area contributed by atoms with Gasteiger partial charge in [0.15, 0.2) is 0 Å². The van der Waals surface area contributed by atoms with Gasteiger partial charge in [0.05, 0.1) is 11.7 Å². The third-order valence-corrected chi connectivity index (χ3v) is 4.64. The number of hydrogen-bond acceptors (Lipinski definition) is 3. The van der Waals surface area contributed by atoms with Gasteiger partial charge in [-0.2, -0.15) is 0 Å². The molecule has 4 heteroatoms. The first-order valence-corrected chi connectivity index (χ1v) is 8.17. The van der Waals surface area contributed by atoms with Gasteiger partial charge in [-0.15, -0.1) is 0 Å². The van der Waals surface area contributed by atoms with E-state index >= 15 is 0 Å². The molecule has 2 fully saturated rings. The summed E-state index contributed by atoms with van der Waals surface area (Å²) >= 11 is 0. The molecule has 116 valence electrons. The summed E-state index contributed by atoms with van der Waals surface area (Å²) in [4.78, 5) is 14.9. The van der Waals surface area contributed by atoms with Crippen LogP contribution in [0, 0.1) is 5.92 Å². The van der Waals surface area contributed by atoms with Crippen molar-refractivity contribution in [3.8, 4) is 0 Å². The van der Waals surface area contributed by atoms with E-state index in [1.807, 2.05) is 0 Å². The predicted octanol–water partition coefficient (Wildman–Crippen LogP) is 2.53. The molecule has 4 nitrogen and oxygen atoms in total. The van der Waals surface area contributed by atoms with Gasteiger partial charge >= 0.3 is 0 Å². The maximum atomic E-state index is 12.8. The van der Waals surface area contributed by atoms with Gasteiger partial charge in [-0.1, -0.05) is 26.7 Å². The highest BCUT2D eigenvalue weighted by molar-refractivity contribution is 5.89. The normalized spacial score (nSPS) is 25.3. The van der Waals surface area contributed by atoms with Crippen LogP contribution in [-0.2, 0) is 9.53 Å². The molecular weight excluding hydrogens is 252 g/mol. The van der Waals surface area contributed by atoms with Crippen molar-refractivity contribution in [2.24, 2.45) is 5.92 Å². The van der Waals surface area contributed by atoms with Gasteiger partial charge in [-0.25, -0.2) is 0 Å². The van der Waals surface area contributed by atoms with Crippen molar-refractivity contribution < 1.29 is 9.53 Å². The molecule has 2 rings (SSSR count). The minimum Gasteiger partial charge on any atom is -0.385 e. The molecule has 1 saturated carbocycles. The Hall–Kier alpha value is -0.610. The largest absolute Gasteiger partial charge is 0.385 e. The molecule has 20 heavy (non-hydrogen) atoms. The lowest BCUT2D eigenvalue weighted by Gasteiger charge is -2.25. The SMILES string of the molecule is COCCCCN1C(=O)C2(CCCC2)NC1CC(C)C. The molecule has 1 aliphatic heterocycles. The van der Waals surface area contributed by atoms with Crippen LogP contribution < -0.4 is 5.32 Å². The van der Waals surface area contributed by atoms with Crippen molar-refractivity contribution in [3.05, 3.63) is 0 Å². The molecule has 1 amide bonds. The molecule has 1 aliphatic carbocycles. The van der Waals surface area contributed by atoms with E-state index in [9.17, 15) is 4.79 Å². The Morgan fingerprint density at radius 2 is 2.05 bits per heavy atom. The standard InChI is InChI=1S/C16H30N2O2/c1-13(2)12-14-17-16(8-4-5-9-16)15(19)18(14)10-6-7-11-20-3/h13-14,17H,4-12H2,1-3H3. The molecule has 1 saturated heterocycles. The summed E-state index contributed by atoms with van der Waals surface area (Å²) in [5.41, 5.74) is -0.221. The summed E-state index contributed by atoms with van der Waals surface area (Å²) in [7, 11) is 1.73. The van der Waals surface area contributed by atoms with Crippen LogP contribution in [0.15, 0.2) is 0 Å². The molecule has 0 radical (unpaired) electrons. The summed E-state index contributed by atoms with van der Waals surface area (Å²) < 4.78 is 5.10. The maximum absolute atomic E-state index is 12.8. The zero-order valence-electron chi connectivity index (χ0n) is 13.3. The highest BCUT2D eigenvalue weighted by Gasteiger charge is 2.51. The Bertz CT molecular complexity index is 324. The Morgan fingerprint density at radius 3 is 2.65 bits per heavy atom. The van der Waals surface area contributed by atoms with Gasteiger partial charge in [0.2, 0.25) is 5.91 Å². The van der Waals surface area contributed by atoms with E-state index in [0.29, 0.717) is 11.8 Å². The van der Waals surface area contributed by atoms with E-state index in [1.54, 1.807) is 7.11 Å². The van der Waals surface area contributed by atoms with E-state index in [4.69, 9.17) is 4.74 Å². The quantitative estimate of drug-likeness (QED) is 0.730. The first-order valence-electron chi connectivity index (χ1n) is 8.17. The lowest BCUT2D eigenvalue weighted by Crippen LogP contribution is -2.44. The molecular formula is C16H30N2O2. The summed E-state index contributed by atoms with van der Waals surface area (Å²) in [6, 6.07) is 0. The number of carbonyl (C=O) groups excluding carboxylic acids is 1. The number of carbonyl (C=O) groups is 1. The number of ether oxygens (including phenoxy) is 1. The first kappa shape index (κ1) is 15.8. The molecule has 1 heterocycles. The van der Waals surface area contributed by atoms with Gasteiger partial charge in [0.25, 0.3) is 0 Å². The van der Waals surface area contributed by atoms with Crippen LogP contribution in [0.2, 0.25) is 0 Å². The number of unbranched alkanes of at least 4 members (excludes halogenated alkanes) is 1. The predicted molar refractivity (Wildman–Crippen MR) is 80.4 cm³/mol. The highest BCUT2D eigenvalue weighted by Crippen LogP contribution is 2.37. The van der Waals surface area contributed by atoms with Crippen LogP contribution in [0.5, 0.6) is 0 Å². The fourth-order valence-electron chi connectivity index (χ4n) is 3.63. The molecule has 1 unspecified atom stereocenters. The number of rotatable bonds is 7. The fraction of sp³-hybridized carbons (Fsp3) is 0.938. The van der Waals surface area contributed by atoms with Crippen LogP contribution in [-0.4, -0.2) is 42.8 Å². The smallest absolute Gasteiger partial charge is 0.244 e. The molecule has 2 aliphatic rings. The Kier molecular flexibility index (Phi) is 5.44. The molecule has 0 aromatic rings. The van der Waals surface area contributed by atoms with E-state index < -0.39 is 0 Å². The molecule has 1 atom stereocenters. The fourth-order valence-corrected chi connectivity index (χ4v) is 3.63. The number of amides is 1. The van der Waals surface area contributed by atoms with Gasteiger partial charge in [-0.3, -0.25) is 10.1 Å². The zero-order chi connectivity index (χ0) is 14.6. The lowest BCUT2D eigenvalue weighted by molar-refractivity contribution is -0.133. The van der Waals surface area contributed by atoms with Crippen molar-refractivity contribution in [2.75, 3.05) is 20.3 Å². The minimum absolute atomic E-state index is 0.221. The number of nitrogens with zero attached hydrogens (tertiary/aromatic N) is 1. The molecule has 1 spiro atoms. The second-order valence-electron chi connectivity index (χ2n) is 6.78. The maximum Gasteiger partial charge on any atom is 0.244 e. The molecule has 0 aromatic carbocycles. The number of nitrogens with one attached hydrogen (secondary N) is 1. The average molecular weight is 282 g/mol. The number of methoxy groups -OCH3 is 1. The monoisotopic (exact) mass is 282 g/mol. The highest BCUT2D eigenvalue weighted by atomic mass is 16.5. The van der Waals surface area contributed by atoms with Crippen molar-refractivity contribution in [2.45, 2.75) is 70.5 Å².